The van der Waals surface area contributed by atoms with Gasteiger partial charge in [-0.1, -0.05) is 41.1 Å². The second-order valence-electron chi connectivity index (χ2n) is 5.29. The van der Waals surface area contributed by atoms with E-state index in [2.05, 4.69) is 21.2 Å². The summed E-state index contributed by atoms with van der Waals surface area (Å²) < 4.78 is 6.30. The molecule has 4 nitrogen and oxygen atoms in total. The molecule has 2 aromatic rings. The highest BCUT2D eigenvalue weighted by Gasteiger charge is 2.12. The summed E-state index contributed by atoms with van der Waals surface area (Å²) in [5.74, 6) is 0.249. The summed E-state index contributed by atoms with van der Waals surface area (Å²) >= 11 is 3.41. The van der Waals surface area contributed by atoms with Crippen LogP contribution in [0.1, 0.15) is 25.0 Å². The lowest BCUT2D eigenvalue weighted by molar-refractivity contribution is -0.112. The molecule has 2 aromatic carbocycles. The summed E-state index contributed by atoms with van der Waals surface area (Å²) in [6, 6.07) is 15.0. The van der Waals surface area contributed by atoms with Crippen molar-refractivity contribution in [1.29, 1.82) is 5.26 Å². The first-order chi connectivity index (χ1) is 12.1. The van der Waals surface area contributed by atoms with Crippen molar-refractivity contribution in [3.8, 4) is 11.8 Å². The van der Waals surface area contributed by atoms with Crippen LogP contribution in [-0.4, -0.2) is 12.5 Å². The molecule has 0 saturated carbocycles. The fourth-order valence-electron chi connectivity index (χ4n) is 2.37. The van der Waals surface area contributed by atoms with E-state index < -0.39 is 5.91 Å². The number of carbonyl (C=O) groups excluding carboxylic acids is 1. The molecule has 0 saturated heterocycles. The van der Waals surface area contributed by atoms with Crippen molar-refractivity contribution in [2.45, 2.75) is 20.3 Å². The Morgan fingerprint density at radius 1 is 1.28 bits per heavy atom. The fraction of sp³-hybridized carbons (Fsp3) is 0.200. The van der Waals surface area contributed by atoms with E-state index in [1.54, 1.807) is 12.1 Å². The van der Waals surface area contributed by atoms with Crippen molar-refractivity contribution in [3.63, 3.8) is 0 Å². The molecule has 0 radical (unpaired) electrons. The number of hydrogen-bond acceptors (Lipinski definition) is 3. The minimum atomic E-state index is -0.429. The third-order valence-electron chi connectivity index (χ3n) is 3.53. The molecule has 1 N–H and O–H groups in total. The molecule has 5 heteroatoms. The minimum Gasteiger partial charge on any atom is -0.494 e. The fourth-order valence-corrected chi connectivity index (χ4v) is 2.86. The zero-order chi connectivity index (χ0) is 18.2. The minimum absolute atomic E-state index is 0.0338. The van der Waals surface area contributed by atoms with Gasteiger partial charge in [-0.15, -0.1) is 0 Å². The summed E-state index contributed by atoms with van der Waals surface area (Å²) in [5, 5.41) is 12.2. The van der Waals surface area contributed by atoms with Crippen LogP contribution in [0, 0.1) is 11.3 Å². The van der Waals surface area contributed by atoms with E-state index in [9.17, 15) is 10.1 Å². The van der Waals surface area contributed by atoms with Gasteiger partial charge in [0.2, 0.25) is 0 Å². The molecule has 1 amide bonds. The van der Waals surface area contributed by atoms with Crippen molar-refractivity contribution >= 4 is 33.6 Å². The highest BCUT2D eigenvalue weighted by Crippen LogP contribution is 2.24. The quantitative estimate of drug-likeness (QED) is 0.552. The van der Waals surface area contributed by atoms with Crippen LogP contribution in [0.5, 0.6) is 5.75 Å². The Balaban J connectivity index is 2.28. The van der Waals surface area contributed by atoms with Crippen LogP contribution in [0.3, 0.4) is 0 Å². The number of nitrogens with one attached hydrogen (secondary N) is 1. The summed E-state index contributed by atoms with van der Waals surface area (Å²) in [6.45, 7) is 4.46. The van der Waals surface area contributed by atoms with Gasteiger partial charge in [-0.2, -0.15) is 5.26 Å². The van der Waals surface area contributed by atoms with E-state index in [1.165, 1.54) is 0 Å². The molecule has 0 aliphatic carbocycles. The topological polar surface area (TPSA) is 62.1 Å². The number of rotatable bonds is 6. The van der Waals surface area contributed by atoms with Crippen molar-refractivity contribution in [1.82, 2.24) is 0 Å². The smallest absolute Gasteiger partial charge is 0.266 e. The third-order valence-corrected chi connectivity index (χ3v) is 3.99. The van der Waals surface area contributed by atoms with Crippen LogP contribution < -0.4 is 10.1 Å². The van der Waals surface area contributed by atoms with Gasteiger partial charge in [0.05, 0.1) is 6.61 Å². The number of nitriles is 1. The highest BCUT2D eigenvalue weighted by atomic mass is 79.9. The number of ether oxygens (including phenoxy) is 1. The second-order valence-corrected chi connectivity index (χ2v) is 6.20. The number of para-hydroxylation sites is 1. The molecule has 2 rings (SSSR count). The van der Waals surface area contributed by atoms with E-state index in [-0.39, 0.29) is 5.57 Å². The first-order valence-corrected chi connectivity index (χ1v) is 8.81. The number of anilines is 1. The number of carbonyl (C=O) groups is 1. The Morgan fingerprint density at radius 3 is 2.72 bits per heavy atom. The lowest BCUT2D eigenvalue weighted by atomic mass is 10.1. The third kappa shape index (κ3) is 5.20. The number of hydrogen-bond donors (Lipinski definition) is 1. The monoisotopic (exact) mass is 398 g/mol. The van der Waals surface area contributed by atoms with Crippen LogP contribution in [0.4, 0.5) is 5.69 Å². The van der Waals surface area contributed by atoms with Crippen LogP contribution in [-0.2, 0) is 11.2 Å². The number of benzene rings is 2. The highest BCUT2D eigenvalue weighted by molar-refractivity contribution is 9.10. The predicted octanol–water partition coefficient (Wildman–Crippen LogP) is 4.96. The first-order valence-electron chi connectivity index (χ1n) is 8.01. The zero-order valence-electron chi connectivity index (χ0n) is 14.2. The number of nitrogens with zero attached hydrogens (tertiary/aromatic N) is 1. The van der Waals surface area contributed by atoms with Gasteiger partial charge >= 0.3 is 0 Å². The van der Waals surface area contributed by atoms with Gasteiger partial charge in [0.15, 0.2) is 0 Å². The van der Waals surface area contributed by atoms with E-state index in [0.29, 0.717) is 17.9 Å². The maximum absolute atomic E-state index is 12.5. The molecular formula is C20H19BrN2O2. The maximum atomic E-state index is 12.5. The van der Waals surface area contributed by atoms with Gasteiger partial charge in [0.25, 0.3) is 5.91 Å². The van der Waals surface area contributed by atoms with Gasteiger partial charge in [-0.05, 0) is 54.8 Å². The van der Waals surface area contributed by atoms with Crippen molar-refractivity contribution in [2.24, 2.45) is 0 Å². The molecule has 0 bridgehead atoms. The Labute approximate surface area is 156 Å². The van der Waals surface area contributed by atoms with Crippen molar-refractivity contribution in [3.05, 3.63) is 63.6 Å². The standard InChI is InChI=1S/C20H19BrN2O2/c1-3-15-7-5-6-8-19(15)23-20(24)16(13-22)9-14-10-17(21)12-18(11-14)25-4-2/h5-12H,3-4H2,1-2H3,(H,23,24)/b16-9+. The van der Waals surface area contributed by atoms with E-state index in [4.69, 9.17) is 4.74 Å². The Kier molecular flexibility index (Phi) is 6.79. The average Bonchev–Trinajstić information content (AvgIpc) is 2.60. The number of aryl methyl sites for hydroxylation is 1. The molecule has 128 valence electrons. The second kappa shape index (κ2) is 9.05. The van der Waals surface area contributed by atoms with E-state index in [1.807, 2.05) is 56.3 Å². The molecule has 25 heavy (non-hydrogen) atoms. The van der Waals surface area contributed by atoms with Gasteiger partial charge in [-0.25, -0.2) is 0 Å². The van der Waals surface area contributed by atoms with E-state index >= 15 is 0 Å². The average molecular weight is 399 g/mol. The molecule has 0 unspecified atom stereocenters. The molecule has 0 heterocycles. The summed E-state index contributed by atoms with van der Waals surface area (Å²) in [6.07, 6.45) is 2.35. The maximum Gasteiger partial charge on any atom is 0.266 e. The summed E-state index contributed by atoms with van der Waals surface area (Å²) in [5.41, 5.74) is 2.49. The van der Waals surface area contributed by atoms with Crippen LogP contribution >= 0.6 is 15.9 Å². The Bertz CT molecular complexity index is 838. The van der Waals surface area contributed by atoms with Crippen molar-refractivity contribution in [2.75, 3.05) is 11.9 Å². The van der Waals surface area contributed by atoms with Crippen molar-refractivity contribution < 1.29 is 9.53 Å². The summed E-state index contributed by atoms with van der Waals surface area (Å²) in [7, 11) is 0. The van der Waals surface area contributed by atoms with Gasteiger partial charge < -0.3 is 10.1 Å². The molecule has 0 spiro atoms. The largest absolute Gasteiger partial charge is 0.494 e. The zero-order valence-corrected chi connectivity index (χ0v) is 15.8. The van der Waals surface area contributed by atoms with Gasteiger partial charge in [0, 0.05) is 10.2 Å². The van der Waals surface area contributed by atoms with Gasteiger partial charge in [0.1, 0.15) is 17.4 Å². The normalized spacial score (nSPS) is 10.9. The lowest BCUT2D eigenvalue weighted by Crippen LogP contribution is -2.14. The Hall–Kier alpha value is -2.58. The number of halogens is 1. The molecule has 0 fully saturated rings. The lowest BCUT2D eigenvalue weighted by Gasteiger charge is -2.09. The molecule has 0 aliphatic heterocycles. The molecular weight excluding hydrogens is 380 g/mol. The van der Waals surface area contributed by atoms with Gasteiger partial charge in [-0.3, -0.25) is 4.79 Å². The van der Waals surface area contributed by atoms with Crippen LogP contribution in [0.25, 0.3) is 6.08 Å². The SMILES string of the molecule is CCOc1cc(Br)cc(/C=C(\C#N)C(=O)Nc2ccccc2CC)c1. The number of amides is 1. The molecule has 0 atom stereocenters. The summed E-state index contributed by atoms with van der Waals surface area (Å²) in [4.78, 5) is 12.5. The predicted molar refractivity (Wildman–Crippen MR) is 103 cm³/mol. The van der Waals surface area contributed by atoms with Crippen LogP contribution in [0.2, 0.25) is 0 Å². The van der Waals surface area contributed by atoms with E-state index in [0.717, 1.165) is 22.1 Å². The molecule has 0 aromatic heterocycles. The first kappa shape index (κ1) is 18.8. The molecule has 0 aliphatic rings. The van der Waals surface area contributed by atoms with Crippen LogP contribution in [0.15, 0.2) is 52.5 Å². The Morgan fingerprint density at radius 2 is 2.04 bits per heavy atom.